The molecular weight excluding hydrogens is 458 g/mol. The molecule has 5 rings (SSSR count). The van der Waals surface area contributed by atoms with E-state index in [1.54, 1.807) is 30.8 Å². The third kappa shape index (κ3) is 4.38. The molecule has 9 nitrogen and oxygen atoms in total. The Morgan fingerprint density at radius 3 is 2.56 bits per heavy atom. The van der Waals surface area contributed by atoms with E-state index in [1.807, 2.05) is 48.5 Å². The number of rotatable bonds is 6. The van der Waals surface area contributed by atoms with E-state index in [4.69, 9.17) is 9.94 Å². The van der Waals surface area contributed by atoms with Gasteiger partial charge >= 0.3 is 0 Å². The third-order valence-corrected chi connectivity index (χ3v) is 5.73. The molecule has 36 heavy (non-hydrogen) atoms. The SMILES string of the molecule is COc1cccc(-c2nc(C(=O)N/N=C/c3ccc(C(=O)NO)cc3)cc3c2[nH]c2ccccc23)c1. The van der Waals surface area contributed by atoms with Crippen molar-refractivity contribution in [1.29, 1.82) is 0 Å². The summed E-state index contributed by atoms with van der Waals surface area (Å²) in [4.78, 5) is 32.5. The first-order chi connectivity index (χ1) is 17.6. The topological polar surface area (TPSA) is 129 Å². The van der Waals surface area contributed by atoms with Gasteiger partial charge in [0.05, 0.1) is 24.5 Å². The Bertz CT molecular complexity index is 1620. The monoisotopic (exact) mass is 479 g/mol. The minimum Gasteiger partial charge on any atom is -0.497 e. The molecule has 0 fully saturated rings. The second-order valence-corrected chi connectivity index (χ2v) is 7.94. The number of nitrogens with zero attached hydrogens (tertiary/aromatic N) is 2. The van der Waals surface area contributed by atoms with Crippen molar-refractivity contribution in [1.82, 2.24) is 20.9 Å². The molecule has 0 atom stereocenters. The van der Waals surface area contributed by atoms with E-state index in [0.29, 0.717) is 22.6 Å². The van der Waals surface area contributed by atoms with E-state index in [2.05, 4.69) is 20.5 Å². The maximum absolute atomic E-state index is 13.0. The highest BCUT2D eigenvalue weighted by molar-refractivity contribution is 6.13. The van der Waals surface area contributed by atoms with E-state index in [-0.39, 0.29) is 5.69 Å². The van der Waals surface area contributed by atoms with Gasteiger partial charge in [-0.05, 0) is 42.0 Å². The number of carbonyl (C=O) groups excluding carboxylic acids is 2. The van der Waals surface area contributed by atoms with E-state index >= 15 is 0 Å². The Balaban J connectivity index is 1.49. The van der Waals surface area contributed by atoms with Crippen molar-refractivity contribution < 1.29 is 19.5 Å². The normalized spacial score (nSPS) is 11.2. The summed E-state index contributed by atoms with van der Waals surface area (Å²) < 4.78 is 5.38. The van der Waals surface area contributed by atoms with Gasteiger partial charge in [0.25, 0.3) is 11.8 Å². The number of benzene rings is 3. The molecule has 2 heterocycles. The smallest absolute Gasteiger partial charge is 0.289 e. The number of carbonyl (C=O) groups is 2. The highest BCUT2D eigenvalue weighted by Gasteiger charge is 2.17. The molecule has 9 heteroatoms. The van der Waals surface area contributed by atoms with E-state index in [9.17, 15) is 9.59 Å². The van der Waals surface area contributed by atoms with Crippen LogP contribution in [0.1, 0.15) is 26.4 Å². The van der Waals surface area contributed by atoms with Gasteiger partial charge < -0.3 is 9.72 Å². The maximum atomic E-state index is 13.0. The largest absolute Gasteiger partial charge is 0.497 e. The molecule has 2 amide bonds. The molecule has 178 valence electrons. The molecule has 0 aliphatic carbocycles. The summed E-state index contributed by atoms with van der Waals surface area (Å²) in [6, 6.07) is 23.4. The number of hydroxylamine groups is 1. The van der Waals surface area contributed by atoms with Crippen LogP contribution in [0.5, 0.6) is 5.75 Å². The van der Waals surface area contributed by atoms with E-state index in [0.717, 1.165) is 27.4 Å². The number of H-pyrrole nitrogens is 1. The van der Waals surface area contributed by atoms with Gasteiger partial charge in [0, 0.05) is 27.4 Å². The van der Waals surface area contributed by atoms with Crippen LogP contribution in [0.15, 0.2) is 84.0 Å². The van der Waals surface area contributed by atoms with Gasteiger partial charge in [-0.15, -0.1) is 0 Å². The number of nitrogens with one attached hydrogen (secondary N) is 3. The van der Waals surface area contributed by atoms with Gasteiger partial charge in [-0.3, -0.25) is 14.8 Å². The maximum Gasteiger partial charge on any atom is 0.289 e. The summed E-state index contributed by atoms with van der Waals surface area (Å²) in [7, 11) is 1.60. The third-order valence-electron chi connectivity index (χ3n) is 5.73. The highest BCUT2D eigenvalue weighted by Crippen LogP contribution is 2.33. The predicted molar refractivity (Wildman–Crippen MR) is 136 cm³/mol. The summed E-state index contributed by atoms with van der Waals surface area (Å²) in [5.74, 6) is -0.406. The van der Waals surface area contributed by atoms with Crippen LogP contribution in [0.3, 0.4) is 0 Å². The zero-order valence-corrected chi connectivity index (χ0v) is 19.1. The van der Waals surface area contributed by atoms with Crippen molar-refractivity contribution >= 4 is 39.8 Å². The Morgan fingerprint density at radius 1 is 0.972 bits per heavy atom. The quantitative estimate of drug-likeness (QED) is 0.164. The molecule has 4 N–H and O–H groups in total. The predicted octanol–water partition coefficient (Wildman–Crippen LogP) is 4.27. The summed E-state index contributed by atoms with van der Waals surface area (Å²) >= 11 is 0. The van der Waals surface area contributed by atoms with Crippen molar-refractivity contribution in [2.24, 2.45) is 5.10 Å². The van der Waals surface area contributed by atoms with Crippen LogP contribution in [-0.2, 0) is 0 Å². The molecular formula is C27H21N5O4. The number of methoxy groups -OCH3 is 1. The first-order valence-electron chi connectivity index (χ1n) is 11.0. The van der Waals surface area contributed by atoms with Gasteiger partial charge in [0.1, 0.15) is 11.4 Å². The minimum atomic E-state index is -0.614. The lowest BCUT2D eigenvalue weighted by atomic mass is 10.1. The van der Waals surface area contributed by atoms with Crippen molar-refractivity contribution in [3.63, 3.8) is 0 Å². The summed E-state index contributed by atoms with van der Waals surface area (Å²) in [5.41, 5.74) is 8.42. The number of ether oxygens (including phenoxy) is 1. The molecule has 3 aromatic carbocycles. The number of hydrogen-bond acceptors (Lipinski definition) is 6. The number of fused-ring (bicyclic) bond motifs is 3. The van der Waals surface area contributed by atoms with Crippen LogP contribution in [0.2, 0.25) is 0 Å². The second-order valence-electron chi connectivity index (χ2n) is 7.94. The zero-order valence-electron chi connectivity index (χ0n) is 19.1. The average molecular weight is 479 g/mol. The number of aromatic nitrogens is 2. The second kappa shape index (κ2) is 9.69. The van der Waals surface area contributed by atoms with Gasteiger partial charge in [-0.1, -0.05) is 42.5 Å². The van der Waals surface area contributed by atoms with Crippen LogP contribution < -0.4 is 15.6 Å². The number of para-hydroxylation sites is 1. The fraction of sp³-hybridized carbons (Fsp3) is 0.0370. The molecule has 0 bridgehead atoms. The van der Waals surface area contributed by atoms with Crippen molar-refractivity contribution in [3.8, 4) is 17.0 Å². The lowest BCUT2D eigenvalue weighted by Crippen LogP contribution is -2.19. The van der Waals surface area contributed by atoms with Gasteiger partial charge in [-0.25, -0.2) is 15.9 Å². The molecule has 0 saturated carbocycles. The first-order valence-corrected chi connectivity index (χ1v) is 11.0. The molecule has 0 aliphatic heterocycles. The lowest BCUT2D eigenvalue weighted by Gasteiger charge is -2.08. The van der Waals surface area contributed by atoms with Crippen molar-refractivity contribution in [3.05, 3.63) is 95.7 Å². The summed E-state index contributed by atoms with van der Waals surface area (Å²) in [6.07, 6.45) is 1.45. The van der Waals surface area contributed by atoms with E-state index in [1.165, 1.54) is 18.3 Å². The minimum absolute atomic E-state index is 0.206. The number of hydrogen-bond donors (Lipinski definition) is 4. The van der Waals surface area contributed by atoms with Crippen LogP contribution in [0.25, 0.3) is 33.1 Å². The van der Waals surface area contributed by atoms with Crippen LogP contribution in [0.4, 0.5) is 0 Å². The summed E-state index contributed by atoms with van der Waals surface area (Å²) in [6.45, 7) is 0. The van der Waals surface area contributed by atoms with Crippen molar-refractivity contribution in [2.75, 3.05) is 7.11 Å². The Labute approximate surface area is 205 Å². The molecule has 2 aromatic heterocycles. The zero-order chi connectivity index (χ0) is 25.1. The molecule has 5 aromatic rings. The summed E-state index contributed by atoms with van der Waals surface area (Å²) in [5, 5.41) is 14.6. The molecule has 0 aliphatic rings. The molecule has 0 radical (unpaired) electrons. The Hall–Kier alpha value is -5.02. The molecule has 0 spiro atoms. The Kier molecular flexibility index (Phi) is 6.12. The number of pyridine rings is 1. The fourth-order valence-corrected chi connectivity index (χ4v) is 3.95. The van der Waals surface area contributed by atoms with E-state index < -0.39 is 11.8 Å². The number of aromatic amines is 1. The first kappa shape index (κ1) is 22.8. The Morgan fingerprint density at radius 2 is 1.78 bits per heavy atom. The van der Waals surface area contributed by atoms with Crippen LogP contribution >= 0.6 is 0 Å². The lowest BCUT2D eigenvalue weighted by molar-refractivity contribution is 0.0706. The van der Waals surface area contributed by atoms with Crippen molar-refractivity contribution in [2.45, 2.75) is 0 Å². The number of hydrazone groups is 1. The van der Waals surface area contributed by atoms with Gasteiger partial charge in [-0.2, -0.15) is 5.10 Å². The number of amides is 2. The van der Waals surface area contributed by atoms with Gasteiger partial charge in [0.2, 0.25) is 0 Å². The standard InChI is InChI=1S/C27H21N5O4/c1-36-19-6-4-5-18(13-19)24-25-21(20-7-2-3-8-22(20)29-25)14-23(30-24)27(34)31-28-15-16-9-11-17(12-10-16)26(33)32-35/h2-15,29,35H,1H3,(H,31,34)(H,32,33)/b28-15+. The average Bonchev–Trinajstić information content (AvgIpc) is 3.31. The highest BCUT2D eigenvalue weighted by atomic mass is 16.5. The fourth-order valence-electron chi connectivity index (χ4n) is 3.95. The molecule has 0 unspecified atom stereocenters. The van der Waals surface area contributed by atoms with Crippen LogP contribution in [0, 0.1) is 0 Å². The molecule has 0 saturated heterocycles. The van der Waals surface area contributed by atoms with Gasteiger partial charge in [0.15, 0.2) is 0 Å². The van der Waals surface area contributed by atoms with Crippen LogP contribution in [-0.4, -0.2) is 40.3 Å².